The Bertz CT molecular complexity index is 648. The van der Waals surface area contributed by atoms with Crippen molar-refractivity contribution in [1.29, 1.82) is 0 Å². The summed E-state index contributed by atoms with van der Waals surface area (Å²) in [6.07, 6.45) is 0.826. The molecule has 0 aliphatic heterocycles. The molecule has 0 aromatic heterocycles. The molecule has 0 radical (unpaired) electrons. The van der Waals surface area contributed by atoms with Crippen LogP contribution in [0, 0.1) is 13.8 Å². The van der Waals surface area contributed by atoms with E-state index in [4.69, 9.17) is 10.5 Å². The molecule has 4 heteroatoms. The van der Waals surface area contributed by atoms with Crippen LogP contribution in [0.25, 0.3) is 0 Å². The van der Waals surface area contributed by atoms with Crippen molar-refractivity contribution in [3.05, 3.63) is 59.2 Å². The van der Waals surface area contributed by atoms with Gasteiger partial charge in [0.2, 0.25) is 0 Å². The zero-order chi connectivity index (χ0) is 15.9. The zero-order valence-electron chi connectivity index (χ0n) is 13.4. The lowest BCUT2D eigenvalue weighted by Crippen LogP contribution is -2.23. The second-order valence-corrected chi connectivity index (χ2v) is 5.31. The minimum Gasteiger partial charge on any atom is -0.496 e. The summed E-state index contributed by atoms with van der Waals surface area (Å²) in [5.41, 5.74) is 10.4. The first-order valence-electron chi connectivity index (χ1n) is 7.35. The van der Waals surface area contributed by atoms with Crippen LogP contribution in [0.1, 0.15) is 16.7 Å². The number of anilines is 1. The van der Waals surface area contributed by atoms with Crippen molar-refractivity contribution in [1.82, 2.24) is 0 Å². The normalized spacial score (nSPS) is 11.3. The van der Waals surface area contributed by atoms with Gasteiger partial charge in [0.05, 0.1) is 7.11 Å². The van der Waals surface area contributed by atoms with Gasteiger partial charge in [-0.2, -0.15) is 0 Å². The first-order chi connectivity index (χ1) is 10.6. The molecule has 0 aliphatic carbocycles. The Kier molecular flexibility index (Phi) is 5.42. The molecule has 2 aromatic rings. The van der Waals surface area contributed by atoms with Crippen LogP contribution in [0.4, 0.5) is 5.69 Å². The average Bonchev–Trinajstić information content (AvgIpc) is 2.51. The third-order valence-electron chi connectivity index (χ3n) is 3.48. The van der Waals surface area contributed by atoms with Gasteiger partial charge in [0, 0.05) is 12.2 Å². The molecule has 0 bridgehead atoms. The standard InChI is InChI=1S/C18H23N3O/c1-13-4-8-16(9-5-13)21-18(19)20-11-10-15-7-6-14(2)17(12-15)22-3/h4-9,12H,10-11H2,1-3H3,(H3,19,20,21). The van der Waals surface area contributed by atoms with Crippen molar-refractivity contribution in [2.45, 2.75) is 20.3 Å². The molecule has 0 atom stereocenters. The number of aliphatic imine (C=N–C) groups is 1. The molecule has 4 nitrogen and oxygen atoms in total. The first kappa shape index (κ1) is 15.9. The van der Waals surface area contributed by atoms with Gasteiger partial charge in [-0.05, 0) is 49.6 Å². The summed E-state index contributed by atoms with van der Waals surface area (Å²) in [5, 5.41) is 3.09. The Morgan fingerprint density at radius 3 is 2.55 bits per heavy atom. The largest absolute Gasteiger partial charge is 0.496 e. The number of nitrogens with one attached hydrogen (secondary N) is 1. The fourth-order valence-electron chi connectivity index (χ4n) is 2.15. The highest BCUT2D eigenvalue weighted by atomic mass is 16.5. The summed E-state index contributed by atoms with van der Waals surface area (Å²) >= 11 is 0. The quantitative estimate of drug-likeness (QED) is 0.657. The Morgan fingerprint density at radius 2 is 1.86 bits per heavy atom. The van der Waals surface area contributed by atoms with Crippen LogP contribution in [-0.2, 0) is 6.42 Å². The maximum atomic E-state index is 5.90. The Labute approximate surface area is 132 Å². The molecule has 0 fully saturated rings. The van der Waals surface area contributed by atoms with E-state index in [0.717, 1.165) is 23.4 Å². The van der Waals surface area contributed by atoms with Crippen LogP contribution < -0.4 is 15.8 Å². The number of hydrogen-bond donors (Lipinski definition) is 2. The van der Waals surface area contributed by atoms with Crippen LogP contribution in [0.3, 0.4) is 0 Å². The highest BCUT2D eigenvalue weighted by molar-refractivity contribution is 5.92. The van der Waals surface area contributed by atoms with Gasteiger partial charge in [-0.3, -0.25) is 4.99 Å². The van der Waals surface area contributed by atoms with Gasteiger partial charge >= 0.3 is 0 Å². The maximum absolute atomic E-state index is 5.90. The molecule has 116 valence electrons. The van der Waals surface area contributed by atoms with Crippen molar-refractivity contribution in [3.63, 3.8) is 0 Å². The second kappa shape index (κ2) is 7.50. The summed E-state index contributed by atoms with van der Waals surface area (Å²) in [7, 11) is 1.69. The minimum absolute atomic E-state index is 0.433. The van der Waals surface area contributed by atoms with E-state index < -0.39 is 0 Å². The summed E-state index contributed by atoms with van der Waals surface area (Å²) in [4.78, 5) is 4.36. The average molecular weight is 297 g/mol. The van der Waals surface area contributed by atoms with E-state index in [1.807, 2.05) is 31.2 Å². The molecular formula is C18H23N3O. The number of hydrogen-bond acceptors (Lipinski definition) is 2. The van der Waals surface area contributed by atoms with E-state index >= 15 is 0 Å². The van der Waals surface area contributed by atoms with Crippen molar-refractivity contribution < 1.29 is 4.74 Å². The number of ether oxygens (including phenoxy) is 1. The van der Waals surface area contributed by atoms with E-state index in [9.17, 15) is 0 Å². The molecule has 0 saturated carbocycles. The van der Waals surface area contributed by atoms with Crippen molar-refractivity contribution in [2.75, 3.05) is 19.0 Å². The lowest BCUT2D eigenvalue weighted by Gasteiger charge is -2.08. The number of rotatable bonds is 5. The highest BCUT2D eigenvalue weighted by Crippen LogP contribution is 2.19. The number of aryl methyl sites for hydroxylation is 2. The maximum Gasteiger partial charge on any atom is 0.193 e. The third kappa shape index (κ3) is 4.52. The number of nitrogens with two attached hydrogens (primary N) is 1. The summed E-state index contributed by atoms with van der Waals surface area (Å²) in [5.74, 6) is 1.34. The topological polar surface area (TPSA) is 59.6 Å². The van der Waals surface area contributed by atoms with Crippen LogP contribution >= 0.6 is 0 Å². The van der Waals surface area contributed by atoms with E-state index in [1.165, 1.54) is 11.1 Å². The van der Waals surface area contributed by atoms with E-state index in [1.54, 1.807) is 7.11 Å². The monoisotopic (exact) mass is 297 g/mol. The molecule has 0 unspecified atom stereocenters. The molecule has 0 aliphatic rings. The van der Waals surface area contributed by atoms with E-state index in [-0.39, 0.29) is 0 Å². The molecule has 0 spiro atoms. The Hall–Kier alpha value is -2.49. The highest BCUT2D eigenvalue weighted by Gasteiger charge is 2.00. The van der Waals surface area contributed by atoms with Crippen molar-refractivity contribution in [3.8, 4) is 5.75 Å². The number of nitrogens with zero attached hydrogens (tertiary/aromatic N) is 1. The molecule has 0 heterocycles. The van der Waals surface area contributed by atoms with Gasteiger partial charge in [-0.15, -0.1) is 0 Å². The molecule has 22 heavy (non-hydrogen) atoms. The van der Waals surface area contributed by atoms with Gasteiger partial charge in [0.25, 0.3) is 0 Å². The van der Waals surface area contributed by atoms with E-state index in [0.29, 0.717) is 12.5 Å². The van der Waals surface area contributed by atoms with E-state index in [2.05, 4.69) is 35.4 Å². The summed E-state index contributed by atoms with van der Waals surface area (Å²) < 4.78 is 5.33. The smallest absolute Gasteiger partial charge is 0.193 e. The molecule has 2 rings (SSSR count). The fourth-order valence-corrected chi connectivity index (χ4v) is 2.15. The molecule has 2 aromatic carbocycles. The van der Waals surface area contributed by atoms with Crippen molar-refractivity contribution in [2.24, 2.45) is 10.7 Å². The third-order valence-corrected chi connectivity index (χ3v) is 3.48. The van der Waals surface area contributed by atoms with Crippen LogP contribution in [0.2, 0.25) is 0 Å². The summed E-state index contributed by atoms with van der Waals surface area (Å²) in [6, 6.07) is 14.3. The Morgan fingerprint density at radius 1 is 1.14 bits per heavy atom. The van der Waals surface area contributed by atoms with Gasteiger partial charge in [-0.25, -0.2) is 0 Å². The van der Waals surface area contributed by atoms with Gasteiger partial charge in [0.15, 0.2) is 5.96 Å². The fraction of sp³-hybridized carbons (Fsp3) is 0.278. The molecular weight excluding hydrogens is 274 g/mol. The van der Waals surface area contributed by atoms with Crippen LogP contribution in [0.15, 0.2) is 47.5 Å². The number of guanidine groups is 1. The number of benzene rings is 2. The SMILES string of the molecule is COc1cc(CCN=C(N)Nc2ccc(C)cc2)ccc1C. The predicted molar refractivity (Wildman–Crippen MR) is 92.7 cm³/mol. The summed E-state index contributed by atoms with van der Waals surface area (Å²) in [6.45, 7) is 4.72. The lowest BCUT2D eigenvalue weighted by atomic mass is 10.1. The van der Waals surface area contributed by atoms with Gasteiger partial charge in [0.1, 0.15) is 5.75 Å². The molecule has 0 saturated heterocycles. The number of methoxy groups -OCH3 is 1. The van der Waals surface area contributed by atoms with Gasteiger partial charge in [-0.1, -0.05) is 29.8 Å². The Balaban J connectivity index is 1.90. The van der Waals surface area contributed by atoms with Crippen LogP contribution in [0.5, 0.6) is 5.75 Å². The second-order valence-electron chi connectivity index (χ2n) is 5.31. The first-order valence-corrected chi connectivity index (χ1v) is 7.35. The van der Waals surface area contributed by atoms with Gasteiger partial charge < -0.3 is 15.8 Å². The van der Waals surface area contributed by atoms with Crippen molar-refractivity contribution >= 4 is 11.6 Å². The molecule has 3 N–H and O–H groups in total. The van der Waals surface area contributed by atoms with Crippen LogP contribution in [-0.4, -0.2) is 19.6 Å². The molecule has 0 amide bonds. The zero-order valence-corrected chi connectivity index (χ0v) is 13.4. The minimum atomic E-state index is 0.433. The predicted octanol–water partition coefficient (Wildman–Crippen LogP) is 3.28. The lowest BCUT2D eigenvalue weighted by molar-refractivity contribution is 0.411.